The zero-order chi connectivity index (χ0) is 12.5. The van der Waals surface area contributed by atoms with Crippen LogP contribution in [0.15, 0.2) is 18.3 Å². The van der Waals surface area contributed by atoms with Gasteiger partial charge in [0.25, 0.3) is 0 Å². The number of nitrogens with zero attached hydrogens (tertiary/aromatic N) is 2. The normalized spacial score (nSPS) is 10.6. The number of nitrogens with one attached hydrogen (secondary N) is 1. The summed E-state index contributed by atoms with van der Waals surface area (Å²) >= 11 is 1.34. The smallest absolute Gasteiger partial charge is 0.213 e. The van der Waals surface area contributed by atoms with E-state index in [2.05, 4.69) is 10.3 Å². The number of hydrogen-bond acceptors (Lipinski definition) is 6. The lowest BCUT2D eigenvalue weighted by Gasteiger charge is -2.12. The summed E-state index contributed by atoms with van der Waals surface area (Å²) in [5.41, 5.74) is 0.980. The fourth-order valence-electron chi connectivity index (χ4n) is 1.24. The maximum atomic E-state index is 5.52. The minimum absolute atomic E-state index is 0.653. The Balaban J connectivity index is 2.17. The molecule has 1 N–H and O–H groups in total. The molecular weight excluding hydrogens is 238 g/mol. The van der Waals surface area contributed by atoms with Crippen LogP contribution in [0.2, 0.25) is 0 Å². The fourth-order valence-corrected chi connectivity index (χ4v) is 1.70. The van der Waals surface area contributed by atoms with Gasteiger partial charge in [0.2, 0.25) is 5.88 Å². The van der Waals surface area contributed by atoms with Crippen LogP contribution in [0.3, 0.4) is 0 Å². The Labute approximate surface area is 107 Å². The van der Waals surface area contributed by atoms with Gasteiger partial charge < -0.3 is 14.2 Å². The summed E-state index contributed by atoms with van der Waals surface area (Å²) < 4.78 is 12.5. The van der Waals surface area contributed by atoms with Crippen molar-refractivity contribution in [3.8, 4) is 5.88 Å². The lowest BCUT2D eigenvalue weighted by Crippen LogP contribution is -2.14. The molecule has 0 fully saturated rings. The Morgan fingerprint density at radius 2 is 2.29 bits per heavy atom. The maximum absolute atomic E-state index is 5.52. The third-order valence-corrected chi connectivity index (χ3v) is 2.68. The predicted octanol–water partition coefficient (Wildman–Crippen LogP) is 2.03. The van der Waals surface area contributed by atoms with Gasteiger partial charge in [0.1, 0.15) is 0 Å². The number of rotatable bonds is 8. The first kappa shape index (κ1) is 14.1. The van der Waals surface area contributed by atoms with Crippen molar-refractivity contribution in [2.75, 3.05) is 39.7 Å². The second kappa shape index (κ2) is 8.16. The van der Waals surface area contributed by atoms with Gasteiger partial charge in [-0.2, -0.15) is 0 Å². The van der Waals surface area contributed by atoms with E-state index in [4.69, 9.17) is 8.92 Å². The van der Waals surface area contributed by atoms with E-state index in [-0.39, 0.29) is 0 Å². The molecule has 0 bridgehead atoms. The minimum Gasteiger partial charge on any atom is -0.478 e. The molecule has 0 aliphatic carbocycles. The zero-order valence-electron chi connectivity index (χ0n) is 10.5. The van der Waals surface area contributed by atoms with E-state index in [0.717, 1.165) is 18.7 Å². The molecule has 6 heteroatoms. The second-order valence-electron chi connectivity index (χ2n) is 3.43. The number of ether oxygens (including phenoxy) is 1. The molecule has 0 atom stereocenters. The van der Waals surface area contributed by atoms with Crippen molar-refractivity contribution in [1.82, 2.24) is 9.29 Å². The van der Waals surface area contributed by atoms with Crippen molar-refractivity contribution < 1.29 is 8.92 Å². The molecule has 0 radical (unpaired) electrons. The molecule has 0 saturated heterocycles. The third-order valence-electron chi connectivity index (χ3n) is 2.09. The van der Waals surface area contributed by atoms with Gasteiger partial charge in [0, 0.05) is 19.7 Å². The van der Waals surface area contributed by atoms with Crippen molar-refractivity contribution in [3.05, 3.63) is 18.3 Å². The highest BCUT2D eigenvalue weighted by Gasteiger charge is 1.99. The zero-order valence-corrected chi connectivity index (χ0v) is 11.3. The van der Waals surface area contributed by atoms with Gasteiger partial charge in [-0.1, -0.05) is 0 Å². The summed E-state index contributed by atoms with van der Waals surface area (Å²) in [4.78, 5) is 4.17. The largest absolute Gasteiger partial charge is 0.478 e. The monoisotopic (exact) mass is 257 g/mol. The lowest BCUT2D eigenvalue weighted by molar-refractivity contribution is 0.287. The van der Waals surface area contributed by atoms with Crippen molar-refractivity contribution in [1.29, 1.82) is 0 Å². The van der Waals surface area contributed by atoms with Crippen LogP contribution < -0.4 is 10.1 Å². The molecule has 0 aliphatic rings. The summed E-state index contributed by atoms with van der Waals surface area (Å²) in [5.74, 6) is 0.658. The Morgan fingerprint density at radius 1 is 1.47 bits per heavy atom. The highest BCUT2D eigenvalue weighted by Crippen LogP contribution is 2.11. The second-order valence-corrected chi connectivity index (χ2v) is 4.54. The van der Waals surface area contributed by atoms with Gasteiger partial charge in [-0.05, 0) is 19.5 Å². The number of aromatic nitrogens is 1. The quantitative estimate of drug-likeness (QED) is 0.437. The Hall–Kier alpha value is -0.980. The Bertz CT molecular complexity index is 308. The topological polar surface area (TPSA) is 46.6 Å². The predicted molar refractivity (Wildman–Crippen MR) is 71.1 cm³/mol. The van der Waals surface area contributed by atoms with Gasteiger partial charge in [-0.3, -0.25) is 0 Å². The van der Waals surface area contributed by atoms with Crippen LogP contribution in [-0.4, -0.2) is 43.6 Å². The molecule has 0 aromatic carbocycles. The average Bonchev–Trinajstić information content (AvgIpc) is 2.36. The average molecular weight is 257 g/mol. The van der Waals surface area contributed by atoms with Crippen molar-refractivity contribution in [2.24, 2.45) is 0 Å². The summed E-state index contributed by atoms with van der Waals surface area (Å²) in [6.45, 7) is 1.56. The van der Waals surface area contributed by atoms with Crippen LogP contribution in [0.5, 0.6) is 5.88 Å². The molecule has 0 saturated carbocycles. The molecule has 0 unspecified atom stereocenters. The number of anilines is 1. The summed E-state index contributed by atoms with van der Waals surface area (Å²) in [6, 6.07) is 3.80. The first-order chi connectivity index (χ1) is 8.26. The lowest BCUT2D eigenvalue weighted by atomic mass is 10.4. The van der Waals surface area contributed by atoms with E-state index < -0.39 is 0 Å². The first-order valence-corrected chi connectivity index (χ1v) is 6.14. The van der Waals surface area contributed by atoms with Gasteiger partial charge in [-0.15, -0.1) is 0 Å². The van der Waals surface area contributed by atoms with E-state index in [1.807, 2.05) is 30.5 Å². The van der Waals surface area contributed by atoms with Crippen LogP contribution in [0.1, 0.15) is 6.42 Å². The van der Waals surface area contributed by atoms with Crippen LogP contribution in [0, 0.1) is 0 Å². The molecule has 5 nitrogen and oxygen atoms in total. The Kier molecular flexibility index (Phi) is 6.76. The maximum Gasteiger partial charge on any atom is 0.213 e. The van der Waals surface area contributed by atoms with Crippen molar-refractivity contribution in [2.45, 2.75) is 6.42 Å². The molecule has 1 aromatic rings. The molecule has 17 heavy (non-hydrogen) atoms. The van der Waals surface area contributed by atoms with E-state index in [9.17, 15) is 0 Å². The van der Waals surface area contributed by atoms with Crippen LogP contribution in [0.4, 0.5) is 5.69 Å². The van der Waals surface area contributed by atoms with Gasteiger partial charge in [0.15, 0.2) is 0 Å². The first-order valence-electron chi connectivity index (χ1n) is 5.44. The highest BCUT2D eigenvalue weighted by molar-refractivity contribution is 7.92. The molecule has 0 spiro atoms. The van der Waals surface area contributed by atoms with Crippen molar-refractivity contribution in [3.63, 3.8) is 0 Å². The van der Waals surface area contributed by atoms with Crippen LogP contribution in [0.25, 0.3) is 0 Å². The molecule has 1 rings (SSSR count). The number of pyridine rings is 1. The summed E-state index contributed by atoms with van der Waals surface area (Å²) in [7, 11) is 5.50. The molecule has 1 heterocycles. The molecule has 0 amide bonds. The highest BCUT2D eigenvalue weighted by atomic mass is 32.2. The van der Waals surface area contributed by atoms with Gasteiger partial charge in [0.05, 0.1) is 37.8 Å². The van der Waals surface area contributed by atoms with E-state index in [1.165, 1.54) is 12.2 Å². The van der Waals surface area contributed by atoms with Gasteiger partial charge >= 0.3 is 0 Å². The molecule has 96 valence electrons. The standard InChI is InChI=1S/C11H19N3O2S/c1-12-10-5-6-11(13-9-10)16-8-4-7-14(2)17-15-3/h5-6,9,12H,4,7-8H2,1-3H3. The van der Waals surface area contributed by atoms with E-state index >= 15 is 0 Å². The summed E-state index contributed by atoms with van der Waals surface area (Å²) in [6.07, 6.45) is 2.69. The van der Waals surface area contributed by atoms with Crippen LogP contribution >= 0.6 is 12.2 Å². The van der Waals surface area contributed by atoms with Gasteiger partial charge in [-0.25, -0.2) is 9.29 Å². The van der Waals surface area contributed by atoms with Crippen LogP contribution in [-0.2, 0) is 4.18 Å². The molecule has 0 aliphatic heterocycles. The molecular formula is C11H19N3O2S. The van der Waals surface area contributed by atoms with Crippen molar-refractivity contribution >= 4 is 17.9 Å². The fraction of sp³-hybridized carbons (Fsp3) is 0.545. The molecule has 1 aromatic heterocycles. The SMILES string of the molecule is CNc1ccc(OCCCN(C)SOC)nc1. The van der Waals surface area contributed by atoms with E-state index in [1.54, 1.807) is 13.3 Å². The Morgan fingerprint density at radius 3 is 2.88 bits per heavy atom. The minimum atomic E-state index is 0.653. The number of hydrogen-bond donors (Lipinski definition) is 1. The van der Waals surface area contributed by atoms with E-state index in [0.29, 0.717) is 12.5 Å². The summed E-state index contributed by atoms with van der Waals surface area (Å²) in [5, 5.41) is 3.01. The third kappa shape index (κ3) is 5.76.